The third kappa shape index (κ3) is 4.14. The van der Waals surface area contributed by atoms with Gasteiger partial charge >= 0.3 is 11.7 Å². The van der Waals surface area contributed by atoms with Gasteiger partial charge in [-0.15, -0.1) is 16.4 Å². The molecule has 0 aliphatic rings. The van der Waals surface area contributed by atoms with Crippen LogP contribution in [0, 0.1) is 6.92 Å². The first-order chi connectivity index (χ1) is 12.0. The number of amides is 1. The molecule has 1 heterocycles. The largest absolute Gasteiger partial charge is 0.381 e. The number of hydrogen-bond acceptors (Lipinski definition) is 7. The molecule has 0 saturated carbocycles. The maximum Gasteiger partial charge on any atom is 0.373 e. The number of benzene rings is 1. The average molecular weight is 366 g/mol. The van der Waals surface area contributed by atoms with Gasteiger partial charge in [-0.3, -0.25) is 0 Å². The summed E-state index contributed by atoms with van der Waals surface area (Å²) in [6.07, 6.45) is 1.65. The van der Waals surface area contributed by atoms with Crippen molar-refractivity contribution in [1.29, 1.82) is 0 Å². The smallest absolute Gasteiger partial charge is 0.373 e. The van der Waals surface area contributed by atoms with Crippen molar-refractivity contribution in [3.63, 3.8) is 0 Å². The van der Waals surface area contributed by atoms with Crippen molar-refractivity contribution < 1.29 is 13.3 Å². The van der Waals surface area contributed by atoms with Gasteiger partial charge in [0.1, 0.15) is 0 Å². The summed E-state index contributed by atoms with van der Waals surface area (Å²) >= 11 is -1.99. The molecule has 1 aromatic carbocycles. The molecule has 0 spiro atoms. The normalized spacial score (nSPS) is 11.6. The molecule has 0 aliphatic carbocycles. The topological polar surface area (TPSA) is 119 Å². The van der Waals surface area contributed by atoms with Crippen LogP contribution in [0.15, 0.2) is 46.6 Å². The Balaban J connectivity index is 2.09. The Morgan fingerprint density at radius 1 is 1.44 bits per heavy atom. The summed E-state index contributed by atoms with van der Waals surface area (Å²) in [7, 11) is 1.51. The van der Waals surface area contributed by atoms with Crippen molar-refractivity contribution in [2.24, 2.45) is 0 Å². The third-order valence-electron chi connectivity index (χ3n) is 3.06. The molecule has 1 unspecified atom stereocenters. The number of aryl methyl sites for hydroxylation is 1. The summed E-state index contributed by atoms with van der Waals surface area (Å²) in [4.78, 5) is 24.3. The minimum atomic E-state index is -1.99. The van der Waals surface area contributed by atoms with Crippen LogP contribution in [0.4, 0.5) is 10.5 Å². The summed E-state index contributed by atoms with van der Waals surface area (Å²) in [6, 6.07) is 5.77. The van der Waals surface area contributed by atoms with Gasteiger partial charge in [-0.25, -0.2) is 13.8 Å². The minimum Gasteiger partial charge on any atom is -0.381 e. The molecular weight excluding hydrogens is 348 g/mol. The lowest BCUT2D eigenvalue weighted by Gasteiger charge is -2.10. The van der Waals surface area contributed by atoms with Crippen molar-refractivity contribution in [3.8, 4) is 0 Å². The molecule has 3 N–H and O–H groups in total. The van der Waals surface area contributed by atoms with Crippen LogP contribution in [0.2, 0.25) is 0 Å². The fraction of sp³-hybridized carbons (Fsp3) is 0.214. The van der Waals surface area contributed by atoms with Crippen LogP contribution >= 0.6 is 0 Å². The lowest BCUT2D eigenvalue weighted by molar-refractivity contribution is 0.186. The van der Waals surface area contributed by atoms with E-state index in [1.807, 2.05) is 5.48 Å². The second kappa shape index (κ2) is 8.26. The van der Waals surface area contributed by atoms with E-state index in [0.29, 0.717) is 21.8 Å². The standard InChI is InChI=1S/C14H18N6O4S/c1-4-9-16-11-7-5-6-8-12(11)25(23)24-18-13(21)20-14(22)19(15-3)10(2)17-20/h4-8,15-16H,1,9H2,2-3H3,(H,18,21). The number of carbonyl (C=O) groups excluding carboxylic acids is 1. The van der Waals surface area contributed by atoms with Gasteiger partial charge in [-0.05, 0) is 19.1 Å². The molecule has 0 saturated heterocycles. The number of nitrogens with zero attached hydrogens (tertiary/aromatic N) is 3. The first-order valence-corrected chi connectivity index (χ1v) is 8.26. The van der Waals surface area contributed by atoms with Gasteiger partial charge in [0.15, 0.2) is 5.82 Å². The van der Waals surface area contributed by atoms with Gasteiger partial charge in [-0.2, -0.15) is 14.4 Å². The third-order valence-corrected chi connectivity index (χ3v) is 4.01. The Labute approximate surface area is 146 Å². The second-order valence-electron chi connectivity index (χ2n) is 4.69. The van der Waals surface area contributed by atoms with Crippen LogP contribution in [-0.4, -0.2) is 38.3 Å². The van der Waals surface area contributed by atoms with Crippen molar-refractivity contribution >= 4 is 22.8 Å². The number of anilines is 1. The Morgan fingerprint density at radius 3 is 2.80 bits per heavy atom. The Kier molecular flexibility index (Phi) is 6.08. The molecule has 0 fully saturated rings. The van der Waals surface area contributed by atoms with E-state index in [-0.39, 0.29) is 5.82 Å². The van der Waals surface area contributed by atoms with E-state index in [9.17, 15) is 13.8 Å². The molecule has 0 radical (unpaired) electrons. The summed E-state index contributed by atoms with van der Waals surface area (Å²) in [6.45, 7) is 5.61. The molecule has 2 rings (SSSR count). The quantitative estimate of drug-likeness (QED) is 0.477. The average Bonchev–Trinajstić information content (AvgIpc) is 2.91. The molecule has 134 valence electrons. The van der Waals surface area contributed by atoms with Crippen molar-refractivity contribution in [3.05, 3.63) is 53.2 Å². The molecule has 1 amide bonds. The molecule has 10 nitrogen and oxygen atoms in total. The predicted molar refractivity (Wildman–Crippen MR) is 93.1 cm³/mol. The Hall–Kier alpha value is -2.92. The summed E-state index contributed by atoms with van der Waals surface area (Å²) < 4.78 is 18.8. The number of aromatic nitrogens is 3. The van der Waals surface area contributed by atoms with Gasteiger partial charge in [0, 0.05) is 13.6 Å². The van der Waals surface area contributed by atoms with E-state index in [4.69, 9.17) is 4.28 Å². The van der Waals surface area contributed by atoms with Crippen molar-refractivity contribution in [1.82, 2.24) is 19.9 Å². The van der Waals surface area contributed by atoms with Crippen LogP contribution in [-0.2, 0) is 15.4 Å². The lowest BCUT2D eigenvalue weighted by atomic mass is 10.3. The van der Waals surface area contributed by atoms with E-state index >= 15 is 0 Å². The summed E-state index contributed by atoms with van der Waals surface area (Å²) in [5.74, 6) is 0.280. The molecule has 0 aliphatic heterocycles. The number of carbonyl (C=O) groups is 1. The zero-order chi connectivity index (χ0) is 18.4. The van der Waals surface area contributed by atoms with Crippen LogP contribution in [0.3, 0.4) is 0 Å². The molecule has 2 aromatic rings. The highest BCUT2D eigenvalue weighted by molar-refractivity contribution is 7.80. The highest BCUT2D eigenvalue weighted by atomic mass is 32.2. The molecule has 1 atom stereocenters. The zero-order valence-electron chi connectivity index (χ0n) is 13.7. The van der Waals surface area contributed by atoms with Gasteiger partial charge in [0.2, 0.25) is 11.1 Å². The number of hydroxylamine groups is 1. The highest BCUT2D eigenvalue weighted by Crippen LogP contribution is 2.19. The first kappa shape index (κ1) is 18.4. The molecule has 0 bridgehead atoms. The van der Waals surface area contributed by atoms with E-state index in [2.05, 4.69) is 22.4 Å². The number of nitrogens with one attached hydrogen (secondary N) is 3. The summed E-state index contributed by atoms with van der Waals surface area (Å²) in [5, 5.41) is 6.79. The SMILES string of the molecule is C=CCNc1ccccc1S(=O)ONC(=O)n1nc(C)n(NC)c1=O. The van der Waals surface area contributed by atoms with Crippen LogP contribution in [0.25, 0.3) is 0 Å². The zero-order valence-corrected chi connectivity index (χ0v) is 14.5. The fourth-order valence-electron chi connectivity index (χ4n) is 1.96. The predicted octanol–water partition coefficient (Wildman–Crippen LogP) is 0.337. The van der Waals surface area contributed by atoms with Gasteiger partial charge in [-0.1, -0.05) is 18.2 Å². The Morgan fingerprint density at radius 2 is 2.16 bits per heavy atom. The number of hydrogen-bond donors (Lipinski definition) is 3. The van der Waals surface area contributed by atoms with Crippen LogP contribution in [0.1, 0.15) is 5.82 Å². The van der Waals surface area contributed by atoms with Crippen LogP contribution in [0.5, 0.6) is 0 Å². The second-order valence-corrected chi connectivity index (χ2v) is 5.77. The molecule has 1 aromatic heterocycles. The van der Waals surface area contributed by atoms with E-state index in [1.54, 1.807) is 37.3 Å². The van der Waals surface area contributed by atoms with Crippen molar-refractivity contribution in [2.75, 3.05) is 24.3 Å². The number of para-hydroxylation sites is 1. The van der Waals surface area contributed by atoms with E-state index in [1.165, 1.54) is 7.05 Å². The van der Waals surface area contributed by atoms with Crippen LogP contribution < -0.4 is 21.9 Å². The Bertz CT molecular complexity index is 859. The molecular formula is C14H18N6O4S. The fourth-order valence-corrected chi connectivity index (χ4v) is 2.70. The minimum absolute atomic E-state index is 0.280. The maximum absolute atomic E-state index is 12.3. The summed E-state index contributed by atoms with van der Waals surface area (Å²) in [5.41, 5.74) is 4.40. The van der Waals surface area contributed by atoms with Crippen molar-refractivity contribution in [2.45, 2.75) is 11.8 Å². The van der Waals surface area contributed by atoms with Gasteiger partial charge in [0.05, 0.1) is 10.6 Å². The van der Waals surface area contributed by atoms with E-state index < -0.39 is 22.8 Å². The maximum atomic E-state index is 12.3. The first-order valence-electron chi connectivity index (χ1n) is 7.19. The number of rotatable bonds is 7. The molecule has 25 heavy (non-hydrogen) atoms. The van der Waals surface area contributed by atoms with Gasteiger partial charge in [0.25, 0.3) is 0 Å². The molecule has 11 heteroatoms. The van der Waals surface area contributed by atoms with Gasteiger partial charge < -0.3 is 10.7 Å². The monoisotopic (exact) mass is 366 g/mol. The van der Waals surface area contributed by atoms with E-state index in [0.717, 1.165) is 4.68 Å². The lowest BCUT2D eigenvalue weighted by Crippen LogP contribution is -2.39. The highest BCUT2D eigenvalue weighted by Gasteiger charge is 2.18.